The van der Waals surface area contributed by atoms with Gasteiger partial charge in [-0.3, -0.25) is 4.90 Å². The SMILES string of the molecule is CC(C)(C)OC(=O)N1[C@@H]2CCC[C@@H]2C[C@@H]1[C@H](O)c1ccccc1. The molecule has 1 N–H and O–H groups in total. The second-order valence-corrected chi connectivity index (χ2v) is 7.80. The number of benzene rings is 1. The summed E-state index contributed by atoms with van der Waals surface area (Å²) in [5.74, 6) is 0.492. The summed E-state index contributed by atoms with van der Waals surface area (Å²) in [5, 5.41) is 10.8. The molecule has 0 aromatic heterocycles. The first-order valence-electron chi connectivity index (χ1n) is 8.61. The first-order chi connectivity index (χ1) is 10.9. The second-order valence-electron chi connectivity index (χ2n) is 7.80. The number of ether oxygens (including phenoxy) is 1. The van der Waals surface area contributed by atoms with Crippen molar-refractivity contribution in [1.82, 2.24) is 4.90 Å². The maximum atomic E-state index is 12.7. The van der Waals surface area contributed by atoms with Gasteiger partial charge in [0.2, 0.25) is 0 Å². The zero-order chi connectivity index (χ0) is 16.6. The predicted octanol–water partition coefficient (Wildman–Crippen LogP) is 3.90. The number of rotatable bonds is 2. The molecule has 1 saturated heterocycles. The molecule has 126 valence electrons. The zero-order valence-electron chi connectivity index (χ0n) is 14.2. The van der Waals surface area contributed by atoms with Crippen LogP contribution in [0.25, 0.3) is 0 Å². The molecule has 23 heavy (non-hydrogen) atoms. The van der Waals surface area contributed by atoms with Crippen molar-refractivity contribution >= 4 is 6.09 Å². The predicted molar refractivity (Wildman–Crippen MR) is 89.0 cm³/mol. The number of carbonyl (C=O) groups excluding carboxylic acids is 1. The first-order valence-corrected chi connectivity index (χ1v) is 8.61. The number of fused-ring (bicyclic) bond motifs is 1. The molecule has 1 amide bonds. The van der Waals surface area contributed by atoms with Crippen LogP contribution in [0.2, 0.25) is 0 Å². The average Bonchev–Trinajstić information content (AvgIpc) is 3.05. The number of likely N-dealkylation sites (tertiary alicyclic amines) is 1. The van der Waals surface area contributed by atoms with E-state index in [4.69, 9.17) is 4.74 Å². The molecule has 1 saturated carbocycles. The van der Waals surface area contributed by atoms with Gasteiger partial charge in [0.05, 0.1) is 12.1 Å². The van der Waals surface area contributed by atoms with E-state index in [2.05, 4.69) is 0 Å². The molecule has 0 spiro atoms. The second kappa shape index (κ2) is 6.16. The van der Waals surface area contributed by atoms with Gasteiger partial charge >= 0.3 is 6.09 Å². The van der Waals surface area contributed by atoms with E-state index in [9.17, 15) is 9.90 Å². The number of aliphatic hydroxyl groups is 1. The fraction of sp³-hybridized carbons (Fsp3) is 0.632. The van der Waals surface area contributed by atoms with Crippen LogP contribution in [0.5, 0.6) is 0 Å². The van der Waals surface area contributed by atoms with Crippen LogP contribution < -0.4 is 0 Å². The number of hydrogen-bond donors (Lipinski definition) is 1. The number of nitrogens with zero attached hydrogens (tertiary/aromatic N) is 1. The molecule has 4 heteroatoms. The minimum Gasteiger partial charge on any atom is -0.444 e. The molecule has 2 fully saturated rings. The Morgan fingerprint density at radius 2 is 1.96 bits per heavy atom. The maximum Gasteiger partial charge on any atom is 0.410 e. The molecule has 1 aromatic carbocycles. The minimum absolute atomic E-state index is 0.192. The molecule has 1 aliphatic carbocycles. The van der Waals surface area contributed by atoms with Gasteiger partial charge in [-0.25, -0.2) is 4.79 Å². The van der Waals surface area contributed by atoms with Crippen LogP contribution in [-0.2, 0) is 4.74 Å². The summed E-state index contributed by atoms with van der Waals surface area (Å²) in [6.07, 6.45) is 3.23. The van der Waals surface area contributed by atoms with E-state index in [0.717, 1.165) is 31.2 Å². The Morgan fingerprint density at radius 1 is 1.26 bits per heavy atom. The highest BCUT2D eigenvalue weighted by atomic mass is 16.6. The topological polar surface area (TPSA) is 49.8 Å². The van der Waals surface area contributed by atoms with Gasteiger partial charge < -0.3 is 9.84 Å². The van der Waals surface area contributed by atoms with Crippen molar-refractivity contribution < 1.29 is 14.6 Å². The van der Waals surface area contributed by atoms with Crippen LogP contribution in [0.4, 0.5) is 4.79 Å². The van der Waals surface area contributed by atoms with Crippen LogP contribution >= 0.6 is 0 Å². The molecule has 0 radical (unpaired) electrons. The summed E-state index contributed by atoms with van der Waals surface area (Å²) in [6.45, 7) is 5.65. The van der Waals surface area contributed by atoms with Gasteiger partial charge in [0.15, 0.2) is 0 Å². The van der Waals surface area contributed by atoms with Crippen LogP contribution in [0.15, 0.2) is 30.3 Å². The number of carbonyl (C=O) groups is 1. The lowest BCUT2D eigenvalue weighted by Crippen LogP contribution is -2.46. The molecule has 4 atom stereocenters. The number of hydrogen-bond acceptors (Lipinski definition) is 3. The van der Waals surface area contributed by atoms with E-state index in [0.29, 0.717) is 5.92 Å². The summed E-state index contributed by atoms with van der Waals surface area (Å²) < 4.78 is 5.62. The maximum absolute atomic E-state index is 12.7. The molecule has 4 nitrogen and oxygen atoms in total. The van der Waals surface area contributed by atoms with Crippen molar-refractivity contribution in [3.8, 4) is 0 Å². The van der Waals surface area contributed by atoms with Crippen LogP contribution in [-0.4, -0.2) is 33.8 Å². The van der Waals surface area contributed by atoms with Crippen LogP contribution in [0.3, 0.4) is 0 Å². The van der Waals surface area contributed by atoms with Crippen LogP contribution in [0.1, 0.15) is 58.1 Å². The lowest BCUT2D eigenvalue weighted by atomic mass is 9.96. The molecule has 0 bridgehead atoms. The van der Waals surface area contributed by atoms with Crippen LogP contribution in [0, 0.1) is 5.92 Å². The molecule has 2 aliphatic rings. The Hall–Kier alpha value is -1.55. The van der Waals surface area contributed by atoms with E-state index >= 15 is 0 Å². The molecule has 0 unspecified atom stereocenters. The Morgan fingerprint density at radius 3 is 2.61 bits per heavy atom. The van der Waals surface area contributed by atoms with Gasteiger partial charge in [-0.2, -0.15) is 0 Å². The Kier molecular flexibility index (Phi) is 4.37. The summed E-state index contributed by atoms with van der Waals surface area (Å²) in [4.78, 5) is 14.6. The molecular formula is C19H27NO3. The number of aliphatic hydroxyl groups excluding tert-OH is 1. The van der Waals surface area contributed by atoms with Gasteiger partial charge in [0.25, 0.3) is 0 Å². The van der Waals surface area contributed by atoms with Crippen molar-refractivity contribution in [3.63, 3.8) is 0 Å². The molecule has 3 rings (SSSR count). The zero-order valence-corrected chi connectivity index (χ0v) is 14.2. The third-order valence-corrected chi connectivity index (χ3v) is 4.99. The van der Waals surface area contributed by atoms with Gasteiger partial charge in [-0.15, -0.1) is 0 Å². The smallest absolute Gasteiger partial charge is 0.410 e. The monoisotopic (exact) mass is 317 g/mol. The average molecular weight is 317 g/mol. The minimum atomic E-state index is -0.658. The molecule has 1 aliphatic heterocycles. The van der Waals surface area contributed by atoms with Crippen molar-refractivity contribution in [2.75, 3.05) is 0 Å². The van der Waals surface area contributed by atoms with Gasteiger partial charge in [0.1, 0.15) is 5.60 Å². The highest BCUT2D eigenvalue weighted by Crippen LogP contribution is 2.45. The first kappa shape index (κ1) is 16.3. The Bertz CT molecular complexity index is 551. The van der Waals surface area contributed by atoms with Crippen molar-refractivity contribution in [2.45, 2.75) is 70.2 Å². The highest BCUT2D eigenvalue weighted by Gasteiger charge is 2.49. The van der Waals surface area contributed by atoms with Gasteiger partial charge in [-0.05, 0) is 51.5 Å². The summed E-state index contributed by atoms with van der Waals surface area (Å²) in [6, 6.07) is 9.65. The fourth-order valence-electron chi connectivity index (χ4n) is 4.07. The number of amides is 1. The third kappa shape index (κ3) is 3.37. The summed E-state index contributed by atoms with van der Waals surface area (Å²) >= 11 is 0. The van der Waals surface area contributed by atoms with E-state index in [1.54, 1.807) is 0 Å². The fourth-order valence-corrected chi connectivity index (χ4v) is 4.07. The lowest BCUT2D eigenvalue weighted by molar-refractivity contribution is -0.00501. The van der Waals surface area contributed by atoms with Gasteiger partial charge in [0, 0.05) is 6.04 Å². The third-order valence-electron chi connectivity index (χ3n) is 4.99. The molecular weight excluding hydrogens is 290 g/mol. The standard InChI is InChI=1S/C19H27NO3/c1-19(2,3)23-18(22)20-15-11-7-10-14(15)12-16(20)17(21)13-8-5-4-6-9-13/h4-6,8-9,14-17,21H,7,10-12H2,1-3H3/t14-,15-,16-,17-/m1/s1. The molecule has 1 heterocycles. The quantitative estimate of drug-likeness (QED) is 0.900. The van der Waals surface area contributed by atoms with Crippen molar-refractivity contribution in [1.29, 1.82) is 0 Å². The van der Waals surface area contributed by atoms with Gasteiger partial charge in [-0.1, -0.05) is 36.8 Å². The van der Waals surface area contributed by atoms with E-state index in [1.165, 1.54) is 0 Å². The van der Waals surface area contributed by atoms with E-state index < -0.39 is 11.7 Å². The van der Waals surface area contributed by atoms with E-state index in [1.807, 2.05) is 56.0 Å². The van der Waals surface area contributed by atoms with Crippen molar-refractivity contribution in [2.24, 2.45) is 5.92 Å². The molecule has 1 aromatic rings. The Balaban J connectivity index is 1.84. The summed E-state index contributed by atoms with van der Waals surface area (Å²) in [5.41, 5.74) is 0.349. The lowest BCUT2D eigenvalue weighted by Gasteiger charge is -2.34. The van der Waals surface area contributed by atoms with Crippen molar-refractivity contribution in [3.05, 3.63) is 35.9 Å². The largest absolute Gasteiger partial charge is 0.444 e. The Labute approximate surface area is 138 Å². The van der Waals surface area contributed by atoms with E-state index in [-0.39, 0.29) is 18.2 Å². The summed E-state index contributed by atoms with van der Waals surface area (Å²) in [7, 11) is 0. The highest BCUT2D eigenvalue weighted by molar-refractivity contribution is 5.70. The normalized spacial score (nSPS) is 28.5.